The van der Waals surface area contributed by atoms with Crippen molar-refractivity contribution in [2.24, 2.45) is 17.3 Å². The summed E-state index contributed by atoms with van der Waals surface area (Å²) < 4.78 is 12.4. The standard InChI is InChI=1S/C22H25NO3/c1-12(24)15-11-21-7-6-14(15)20-22(21)8-9-23(2)17(21)10-13-4-5-16(25-3)19(26-20)18(13)22/h4-7,14-15,17,20H,8-11H2,1-3H3/t14?,15-,17?,20-,21?,22?/m0/s1. The van der Waals surface area contributed by atoms with E-state index in [1.54, 1.807) is 14.0 Å². The van der Waals surface area contributed by atoms with Crippen LogP contribution in [0.15, 0.2) is 24.3 Å². The van der Waals surface area contributed by atoms with E-state index in [-0.39, 0.29) is 28.8 Å². The molecule has 4 bridgehead atoms. The van der Waals surface area contributed by atoms with Crippen LogP contribution in [0.2, 0.25) is 0 Å². The molecule has 26 heavy (non-hydrogen) atoms. The van der Waals surface area contributed by atoms with E-state index in [9.17, 15) is 4.79 Å². The number of ketones is 1. The van der Waals surface area contributed by atoms with E-state index in [1.165, 1.54) is 11.1 Å². The second kappa shape index (κ2) is 4.53. The number of hydrogen-bond donors (Lipinski definition) is 0. The van der Waals surface area contributed by atoms with Gasteiger partial charge in [0.1, 0.15) is 11.9 Å². The van der Waals surface area contributed by atoms with Gasteiger partial charge in [-0.15, -0.1) is 0 Å². The molecule has 0 amide bonds. The Morgan fingerprint density at radius 1 is 1.38 bits per heavy atom. The molecule has 1 aromatic rings. The summed E-state index contributed by atoms with van der Waals surface area (Å²) in [5, 5.41) is 0. The second-order valence-electron chi connectivity index (χ2n) is 8.99. The van der Waals surface area contributed by atoms with Crippen molar-refractivity contribution in [2.45, 2.75) is 43.7 Å². The molecule has 4 aliphatic carbocycles. The summed E-state index contributed by atoms with van der Waals surface area (Å²) >= 11 is 0. The van der Waals surface area contributed by atoms with Gasteiger partial charge < -0.3 is 14.4 Å². The summed E-state index contributed by atoms with van der Waals surface area (Å²) in [6.07, 6.45) is 7.96. The molecule has 4 heteroatoms. The molecule has 6 atom stereocenters. The van der Waals surface area contributed by atoms with Gasteiger partial charge in [-0.2, -0.15) is 0 Å². The van der Waals surface area contributed by atoms with Crippen molar-refractivity contribution in [2.75, 3.05) is 20.7 Å². The minimum atomic E-state index is 0.000365. The number of likely N-dealkylation sites (tertiary alicyclic amines) is 1. The van der Waals surface area contributed by atoms with Gasteiger partial charge in [-0.3, -0.25) is 4.79 Å². The Hall–Kier alpha value is -1.81. The van der Waals surface area contributed by atoms with Crippen LogP contribution in [0.3, 0.4) is 0 Å². The van der Waals surface area contributed by atoms with Gasteiger partial charge in [0, 0.05) is 34.3 Å². The van der Waals surface area contributed by atoms with Crippen molar-refractivity contribution in [3.63, 3.8) is 0 Å². The van der Waals surface area contributed by atoms with Gasteiger partial charge in [0.05, 0.1) is 7.11 Å². The first kappa shape index (κ1) is 15.3. The van der Waals surface area contributed by atoms with Crippen LogP contribution in [0.25, 0.3) is 0 Å². The van der Waals surface area contributed by atoms with Crippen LogP contribution in [0.5, 0.6) is 11.5 Å². The first-order valence-corrected chi connectivity index (χ1v) is 9.80. The molecule has 1 aromatic carbocycles. The lowest BCUT2D eigenvalue weighted by Gasteiger charge is -2.68. The lowest BCUT2D eigenvalue weighted by atomic mass is 9.38. The number of piperidine rings is 1. The van der Waals surface area contributed by atoms with E-state index in [4.69, 9.17) is 9.47 Å². The number of rotatable bonds is 2. The van der Waals surface area contributed by atoms with E-state index >= 15 is 0 Å². The fourth-order valence-electron chi connectivity index (χ4n) is 7.35. The summed E-state index contributed by atoms with van der Waals surface area (Å²) in [5.74, 6) is 2.38. The number of methoxy groups -OCH3 is 1. The first-order valence-electron chi connectivity index (χ1n) is 9.80. The maximum absolute atomic E-state index is 12.5. The van der Waals surface area contributed by atoms with Crippen molar-refractivity contribution in [3.05, 3.63) is 35.4 Å². The second-order valence-corrected chi connectivity index (χ2v) is 8.99. The highest BCUT2D eigenvalue weighted by Crippen LogP contribution is 2.73. The zero-order chi connectivity index (χ0) is 17.8. The molecular weight excluding hydrogens is 326 g/mol. The number of likely N-dealkylation sites (N-methyl/N-ethyl adjacent to an activating group) is 1. The highest BCUT2D eigenvalue weighted by Gasteiger charge is 2.75. The molecule has 136 valence electrons. The van der Waals surface area contributed by atoms with E-state index in [0.717, 1.165) is 37.3 Å². The summed E-state index contributed by atoms with van der Waals surface area (Å²) in [5.41, 5.74) is 2.83. The number of nitrogens with zero attached hydrogens (tertiary/aromatic N) is 1. The Morgan fingerprint density at radius 3 is 3.00 bits per heavy atom. The molecular formula is C22H25NO3. The summed E-state index contributed by atoms with van der Waals surface area (Å²) in [6, 6.07) is 4.75. The first-order chi connectivity index (χ1) is 12.5. The quantitative estimate of drug-likeness (QED) is 0.768. The van der Waals surface area contributed by atoms with E-state index in [1.807, 2.05) is 0 Å². The monoisotopic (exact) mass is 351 g/mol. The largest absolute Gasteiger partial charge is 0.493 e. The Morgan fingerprint density at radius 2 is 2.23 bits per heavy atom. The van der Waals surface area contributed by atoms with Gasteiger partial charge in [0.15, 0.2) is 11.5 Å². The normalized spacial score (nSPS) is 43.8. The van der Waals surface area contributed by atoms with Crippen molar-refractivity contribution < 1.29 is 14.3 Å². The molecule has 2 aliphatic heterocycles. The lowest BCUT2D eigenvalue weighted by Crippen LogP contribution is -2.74. The Balaban J connectivity index is 1.69. The molecule has 0 aromatic heterocycles. The van der Waals surface area contributed by atoms with Crippen LogP contribution < -0.4 is 9.47 Å². The minimum Gasteiger partial charge on any atom is -0.493 e. The van der Waals surface area contributed by atoms with Gasteiger partial charge in [0.25, 0.3) is 0 Å². The zero-order valence-electron chi connectivity index (χ0n) is 15.6. The molecule has 7 rings (SSSR count). The molecule has 4 unspecified atom stereocenters. The number of hydrogen-bond acceptors (Lipinski definition) is 4. The number of ether oxygens (including phenoxy) is 2. The highest BCUT2D eigenvalue weighted by molar-refractivity contribution is 5.80. The van der Waals surface area contributed by atoms with Crippen LogP contribution in [0, 0.1) is 17.3 Å². The van der Waals surface area contributed by atoms with E-state index in [0.29, 0.717) is 11.8 Å². The highest BCUT2D eigenvalue weighted by atomic mass is 16.5. The fourth-order valence-corrected chi connectivity index (χ4v) is 7.35. The predicted octanol–water partition coefficient (Wildman–Crippen LogP) is 2.74. The molecule has 2 spiro atoms. The third-order valence-corrected chi connectivity index (χ3v) is 8.34. The third-order valence-electron chi connectivity index (χ3n) is 8.34. The average molecular weight is 351 g/mol. The van der Waals surface area contributed by atoms with Gasteiger partial charge in [-0.25, -0.2) is 0 Å². The lowest BCUT2D eigenvalue weighted by molar-refractivity contribution is -0.150. The maximum atomic E-state index is 12.5. The van der Waals surface area contributed by atoms with Crippen LogP contribution in [-0.2, 0) is 16.6 Å². The van der Waals surface area contributed by atoms with Crippen molar-refractivity contribution >= 4 is 5.78 Å². The zero-order valence-corrected chi connectivity index (χ0v) is 15.6. The maximum Gasteiger partial charge on any atom is 0.165 e. The summed E-state index contributed by atoms with van der Waals surface area (Å²) in [4.78, 5) is 15.0. The molecule has 0 N–H and O–H groups in total. The van der Waals surface area contributed by atoms with Gasteiger partial charge >= 0.3 is 0 Å². The van der Waals surface area contributed by atoms with Gasteiger partial charge in [0.2, 0.25) is 0 Å². The fraction of sp³-hybridized carbons (Fsp3) is 0.591. The number of benzene rings is 1. The van der Waals surface area contributed by atoms with Crippen LogP contribution in [-0.4, -0.2) is 43.5 Å². The van der Waals surface area contributed by atoms with E-state index < -0.39 is 0 Å². The molecule has 6 aliphatic rings. The average Bonchev–Trinajstić information content (AvgIpc) is 3.00. The van der Waals surface area contributed by atoms with Crippen molar-refractivity contribution in [1.82, 2.24) is 4.90 Å². The third kappa shape index (κ3) is 1.37. The van der Waals surface area contributed by atoms with E-state index in [2.05, 4.69) is 36.2 Å². The van der Waals surface area contributed by atoms with Crippen molar-refractivity contribution in [1.29, 1.82) is 0 Å². The molecule has 2 fully saturated rings. The summed E-state index contributed by atoms with van der Waals surface area (Å²) in [6.45, 7) is 2.85. The molecule has 1 saturated heterocycles. The SMILES string of the molecule is COc1ccc2c3c1O[C@H]1C4C=CC5(C[C@H]4C(C)=O)C(C2)N(C)CCC315. The minimum absolute atomic E-state index is 0.000365. The molecule has 1 saturated carbocycles. The number of Topliss-reactive ketones (excluding diaryl/α,β-unsaturated/α-hetero) is 1. The van der Waals surface area contributed by atoms with Gasteiger partial charge in [-0.1, -0.05) is 18.2 Å². The van der Waals surface area contributed by atoms with Crippen LogP contribution in [0.1, 0.15) is 30.9 Å². The molecule has 2 heterocycles. The number of fused-ring (bicyclic) bond motifs is 1. The number of carbonyl (C=O) groups excluding carboxylic acids is 1. The Bertz CT molecular complexity index is 876. The topological polar surface area (TPSA) is 38.8 Å². The van der Waals surface area contributed by atoms with Crippen LogP contribution in [0.4, 0.5) is 0 Å². The van der Waals surface area contributed by atoms with Crippen molar-refractivity contribution in [3.8, 4) is 11.5 Å². The Kier molecular flexibility index (Phi) is 2.66. The predicted molar refractivity (Wildman–Crippen MR) is 97.7 cm³/mol. The number of carbonyl (C=O) groups is 1. The summed E-state index contributed by atoms with van der Waals surface area (Å²) in [7, 11) is 3.98. The van der Waals surface area contributed by atoms with Gasteiger partial charge in [-0.05, 0) is 51.4 Å². The molecule has 0 radical (unpaired) electrons. The molecule has 4 nitrogen and oxygen atoms in total. The Labute approximate surface area is 154 Å². The van der Waals surface area contributed by atoms with Crippen LogP contribution >= 0.6 is 0 Å². The smallest absolute Gasteiger partial charge is 0.165 e.